The Bertz CT molecular complexity index is 727. The van der Waals surface area contributed by atoms with Crippen molar-refractivity contribution in [1.82, 2.24) is 5.32 Å². The Morgan fingerprint density at radius 3 is 2.88 bits per heavy atom. The number of ether oxygens (including phenoxy) is 2. The zero-order chi connectivity index (χ0) is 16.9. The van der Waals surface area contributed by atoms with Gasteiger partial charge in [0.15, 0.2) is 11.5 Å². The fourth-order valence-electron chi connectivity index (χ4n) is 3.24. The smallest absolute Gasteiger partial charge is 0.251 e. The fraction of sp³-hybridized carbons (Fsp3) is 0.350. The second-order valence-corrected chi connectivity index (χ2v) is 6.05. The summed E-state index contributed by atoms with van der Waals surface area (Å²) in [4.78, 5) is 12.2. The Morgan fingerprint density at radius 2 is 2.08 bits per heavy atom. The van der Waals surface area contributed by atoms with Crippen molar-refractivity contribution in [2.24, 2.45) is 5.92 Å². The molecule has 0 radical (unpaired) electrons. The van der Waals surface area contributed by atoms with Gasteiger partial charge in [-0.1, -0.05) is 30.3 Å². The SMILES string of the molecule is CCNC(=O)c1ccccc1C[C@@H]1COc2c(cccc2OC)C1. The summed E-state index contributed by atoms with van der Waals surface area (Å²) >= 11 is 0. The Kier molecular flexibility index (Phi) is 5.04. The van der Waals surface area contributed by atoms with Gasteiger partial charge in [-0.25, -0.2) is 0 Å². The molecule has 0 bridgehead atoms. The van der Waals surface area contributed by atoms with E-state index in [0.29, 0.717) is 19.1 Å². The van der Waals surface area contributed by atoms with E-state index < -0.39 is 0 Å². The van der Waals surface area contributed by atoms with Crippen molar-refractivity contribution in [3.8, 4) is 11.5 Å². The molecule has 2 aromatic rings. The number of methoxy groups -OCH3 is 1. The van der Waals surface area contributed by atoms with Crippen molar-refractivity contribution in [2.45, 2.75) is 19.8 Å². The maximum atomic E-state index is 12.2. The standard InChI is InChI=1S/C20H23NO3/c1-3-21-20(22)17-9-5-4-7-15(17)11-14-12-16-8-6-10-18(23-2)19(16)24-13-14/h4-10,14H,3,11-13H2,1-2H3,(H,21,22)/t14-/m0/s1. The molecule has 1 aliphatic heterocycles. The third kappa shape index (κ3) is 3.37. The lowest BCUT2D eigenvalue weighted by molar-refractivity contribution is 0.0954. The van der Waals surface area contributed by atoms with Gasteiger partial charge in [0.2, 0.25) is 0 Å². The molecular weight excluding hydrogens is 302 g/mol. The first-order valence-electron chi connectivity index (χ1n) is 8.37. The zero-order valence-corrected chi connectivity index (χ0v) is 14.2. The summed E-state index contributed by atoms with van der Waals surface area (Å²) in [5.74, 6) is 1.98. The van der Waals surface area contributed by atoms with Crippen LogP contribution in [0.5, 0.6) is 11.5 Å². The van der Waals surface area contributed by atoms with E-state index in [1.807, 2.05) is 43.3 Å². The molecule has 1 N–H and O–H groups in total. The summed E-state index contributed by atoms with van der Waals surface area (Å²) in [6.45, 7) is 3.20. The van der Waals surface area contributed by atoms with Crippen LogP contribution in [0.25, 0.3) is 0 Å². The topological polar surface area (TPSA) is 47.6 Å². The minimum absolute atomic E-state index is 0.00750. The highest BCUT2D eigenvalue weighted by atomic mass is 16.5. The molecule has 0 saturated heterocycles. The molecule has 0 aromatic heterocycles. The molecule has 0 unspecified atom stereocenters. The van der Waals surface area contributed by atoms with Gasteiger partial charge >= 0.3 is 0 Å². The van der Waals surface area contributed by atoms with E-state index in [1.54, 1.807) is 7.11 Å². The number of hydrogen-bond acceptors (Lipinski definition) is 3. The third-order valence-electron chi connectivity index (χ3n) is 4.36. The molecule has 1 heterocycles. The molecule has 1 amide bonds. The van der Waals surface area contributed by atoms with Crippen LogP contribution in [0, 0.1) is 5.92 Å². The van der Waals surface area contributed by atoms with Crippen LogP contribution < -0.4 is 14.8 Å². The molecule has 3 rings (SSSR count). The zero-order valence-electron chi connectivity index (χ0n) is 14.2. The average Bonchev–Trinajstić information content (AvgIpc) is 2.61. The first-order chi connectivity index (χ1) is 11.7. The van der Waals surface area contributed by atoms with E-state index in [-0.39, 0.29) is 5.91 Å². The van der Waals surface area contributed by atoms with E-state index in [0.717, 1.165) is 35.5 Å². The fourth-order valence-corrected chi connectivity index (χ4v) is 3.24. The lowest BCUT2D eigenvalue weighted by Crippen LogP contribution is -2.27. The van der Waals surface area contributed by atoms with Gasteiger partial charge in [-0.05, 0) is 43.0 Å². The van der Waals surface area contributed by atoms with Gasteiger partial charge < -0.3 is 14.8 Å². The molecular formula is C20H23NO3. The monoisotopic (exact) mass is 325 g/mol. The van der Waals surface area contributed by atoms with Crippen molar-refractivity contribution in [1.29, 1.82) is 0 Å². The van der Waals surface area contributed by atoms with E-state index in [1.165, 1.54) is 5.56 Å². The van der Waals surface area contributed by atoms with Crippen LogP contribution in [0.15, 0.2) is 42.5 Å². The third-order valence-corrected chi connectivity index (χ3v) is 4.36. The first-order valence-corrected chi connectivity index (χ1v) is 8.37. The average molecular weight is 325 g/mol. The normalized spacial score (nSPS) is 16.0. The Morgan fingerprint density at radius 1 is 1.25 bits per heavy atom. The number of hydrogen-bond donors (Lipinski definition) is 1. The van der Waals surface area contributed by atoms with E-state index in [9.17, 15) is 4.79 Å². The van der Waals surface area contributed by atoms with Crippen molar-refractivity contribution in [3.05, 3.63) is 59.2 Å². The maximum absolute atomic E-state index is 12.2. The molecule has 24 heavy (non-hydrogen) atoms. The molecule has 0 spiro atoms. The molecule has 0 fully saturated rings. The van der Waals surface area contributed by atoms with E-state index >= 15 is 0 Å². The van der Waals surface area contributed by atoms with Crippen LogP contribution in [0.2, 0.25) is 0 Å². The number of benzene rings is 2. The number of fused-ring (bicyclic) bond motifs is 1. The lowest BCUT2D eigenvalue weighted by atomic mass is 9.89. The van der Waals surface area contributed by atoms with Crippen molar-refractivity contribution < 1.29 is 14.3 Å². The Labute approximate surface area is 142 Å². The number of rotatable bonds is 5. The van der Waals surface area contributed by atoms with Gasteiger partial charge in [0.1, 0.15) is 0 Å². The lowest BCUT2D eigenvalue weighted by Gasteiger charge is -2.27. The quantitative estimate of drug-likeness (QED) is 0.918. The van der Waals surface area contributed by atoms with Gasteiger partial charge in [-0.2, -0.15) is 0 Å². The maximum Gasteiger partial charge on any atom is 0.251 e. The first kappa shape index (κ1) is 16.4. The number of para-hydroxylation sites is 1. The highest BCUT2D eigenvalue weighted by Crippen LogP contribution is 2.36. The van der Waals surface area contributed by atoms with Crippen LogP contribution in [-0.2, 0) is 12.8 Å². The van der Waals surface area contributed by atoms with Gasteiger partial charge in [-0.15, -0.1) is 0 Å². The predicted octanol–water partition coefficient (Wildman–Crippen LogP) is 3.24. The molecule has 4 heteroatoms. The van der Waals surface area contributed by atoms with Crippen molar-refractivity contribution in [2.75, 3.05) is 20.3 Å². The Balaban J connectivity index is 1.77. The molecule has 0 aliphatic carbocycles. The molecule has 0 saturated carbocycles. The molecule has 4 nitrogen and oxygen atoms in total. The number of carbonyl (C=O) groups excluding carboxylic acids is 1. The van der Waals surface area contributed by atoms with Crippen LogP contribution in [-0.4, -0.2) is 26.2 Å². The summed E-state index contributed by atoms with van der Waals surface area (Å²) in [6.07, 6.45) is 1.75. The second-order valence-electron chi connectivity index (χ2n) is 6.05. The summed E-state index contributed by atoms with van der Waals surface area (Å²) in [7, 11) is 1.66. The highest BCUT2D eigenvalue weighted by molar-refractivity contribution is 5.95. The molecule has 1 atom stereocenters. The minimum atomic E-state index is -0.00750. The van der Waals surface area contributed by atoms with Crippen molar-refractivity contribution in [3.63, 3.8) is 0 Å². The largest absolute Gasteiger partial charge is 0.493 e. The molecule has 1 aliphatic rings. The van der Waals surface area contributed by atoms with Gasteiger partial charge in [0.05, 0.1) is 13.7 Å². The van der Waals surface area contributed by atoms with E-state index in [4.69, 9.17) is 9.47 Å². The van der Waals surface area contributed by atoms with Gasteiger partial charge in [-0.3, -0.25) is 4.79 Å². The van der Waals surface area contributed by atoms with Gasteiger partial charge in [0.25, 0.3) is 5.91 Å². The summed E-state index contributed by atoms with van der Waals surface area (Å²) < 4.78 is 11.3. The van der Waals surface area contributed by atoms with Crippen LogP contribution in [0.3, 0.4) is 0 Å². The number of amides is 1. The van der Waals surface area contributed by atoms with E-state index in [2.05, 4.69) is 11.4 Å². The predicted molar refractivity (Wildman–Crippen MR) is 93.8 cm³/mol. The highest BCUT2D eigenvalue weighted by Gasteiger charge is 2.24. The van der Waals surface area contributed by atoms with Crippen LogP contribution in [0.1, 0.15) is 28.4 Å². The summed E-state index contributed by atoms with van der Waals surface area (Å²) in [6, 6.07) is 13.8. The van der Waals surface area contributed by atoms with Crippen LogP contribution in [0.4, 0.5) is 0 Å². The number of carbonyl (C=O) groups is 1. The Hall–Kier alpha value is -2.49. The number of nitrogens with one attached hydrogen (secondary N) is 1. The minimum Gasteiger partial charge on any atom is -0.493 e. The van der Waals surface area contributed by atoms with Crippen LogP contribution >= 0.6 is 0 Å². The molecule has 2 aromatic carbocycles. The van der Waals surface area contributed by atoms with Gasteiger partial charge in [0, 0.05) is 18.0 Å². The second kappa shape index (κ2) is 7.39. The molecule has 126 valence electrons. The van der Waals surface area contributed by atoms with Crippen molar-refractivity contribution >= 4 is 5.91 Å². The summed E-state index contributed by atoms with van der Waals surface area (Å²) in [5, 5.41) is 2.88. The summed E-state index contributed by atoms with van der Waals surface area (Å²) in [5.41, 5.74) is 3.00.